The van der Waals surface area contributed by atoms with E-state index < -0.39 is 6.80 Å². The maximum absolute atomic E-state index is 12.6. The molecular weight excluding hydrogens is 162 g/mol. The van der Waals surface area contributed by atoms with Gasteiger partial charge in [0.25, 0.3) is 0 Å². The molecule has 0 amide bonds. The molecular formula is C4H8FO2PS. The van der Waals surface area contributed by atoms with Gasteiger partial charge in [-0.25, -0.2) is 0 Å². The Morgan fingerprint density at radius 1 is 1.33 bits per heavy atom. The Balaban J connectivity index is 2.65. The van der Waals surface area contributed by atoms with E-state index in [4.69, 9.17) is 9.05 Å². The highest BCUT2D eigenvalue weighted by Crippen LogP contribution is 2.57. The van der Waals surface area contributed by atoms with Crippen molar-refractivity contribution < 1.29 is 13.2 Å². The van der Waals surface area contributed by atoms with Crippen LogP contribution in [0.2, 0.25) is 0 Å². The summed E-state index contributed by atoms with van der Waals surface area (Å²) in [6.07, 6.45) is -0.387. The lowest BCUT2D eigenvalue weighted by molar-refractivity contribution is 0.187. The van der Waals surface area contributed by atoms with Gasteiger partial charge in [0.1, 0.15) is 0 Å². The lowest BCUT2D eigenvalue weighted by Gasteiger charge is -2.00. The molecule has 1 saturated heterocycles. The molecule has 54 valence electrons. The van der Waals surface area contributed by atoms with Crippen LogP contribution in [0.15, 0.2) is 0 Å². The van der Waals surface area contributed by atoms with Gasteiger partial charge >= 0.3 is 6.80 Å². The summed E-state index contributed by atoms with van der Waals surface area (Å²) in [7, 11) is 0. The summed E-state index contributed by atoms with van der Waals surface area (Å²) in [6.45, 7) is 0.174. The second-order valence-electron chi connectivity index (χ2n) is 2.05. The van der Waals surface area contributed by atoms with Gasteiger partial charge in [0.2, 0.25) is 0 Å². The third kappa shape index (κ3) is 1.71. The smallest absolute Gasteiger partial charge is 0.300 e. The van der Waals surface area contributed by atoms with Crippen LogP contribution >= 0.6 is 6.80 Å². The zero-order chi connectivity index (χ0) is 7.07. The molecule has 1 rings (SSSR count). The Kier molecular flexibility index (Phi) is 1.92. The van der Waals surface area contributed by atoms with Gasteiger partial charge in [0.05, 0.1) is 12.2 Å². The Hall–Kier alpha value is 0.500. The number of halogens is 1. The second kappa shape index (κ2) is 2.27. The predicted octanol–water partition coefficient (Wildman–Crippen LogP) is 2.00. The van der Waals surface area contributed by atoms with Crippen molar-refractivity contribution in [2.45, 2.75) is 26.1 Å². The standard InChI is InChI=1S/C4H8FO2PS/c1-3-4(2)7-8(5,9)6-3/h3-4H,1-2H3/t3-,4+,8?. The molecule has 0 aromatic carbocycles. The highest BCUT2D eigenvalue weighted by Gasteiger charge is 2.35. The van der Waals surface area contributed by atoms with Gasteiger partial charge in [0.15, 0.2) is 0 Å². The minimum absolute atomic E-state index is 0.194. The Labute approximate surface area is 58.6 Å². The molecule has 1 heterocycles. The highest BCUT2D eigenvalue weighted by molar-refractivity contribution is 8.07. The van der Waals surface area contributed by atoms with E-state index in [2.05, 4.69) is 11.8 Å². The third-order valence-corrected chi connectivity index (χ3v) is 2.93. The quantitative estimate of drug-likeness (QED) is 0.518. The lowest BCUT2D eigenvalue weighted by atomic mass is 10.3. The summed E-state index contributed by atoms with van der Waals surface area (Å²) in [5, 5.41) is 0. The fourth-order valence-corrected chi connectivity index (χ4v) is 2.59. The zero-order valence-electron chi connectivity index (χ0n) is 5.20. The second-order valence-corrected chi connectivity index (χ2v) is 4.64. The first-order chi connectivity index (χ1) is 4.01. The van der Waals surface area contributed by atoms with Crippen molar-refractivity contribution in [3.8, 4) is 0 Å². The predicted molar refractivity (Wildman–Crippen MR) is 36.5 cm³/mol. The summed E-state index contributed by atoms with van der Waals surface area (Å²) in [4.78, 5) is 0. The van der Waals surface area contributed by atoms with E-state index in [0.717, 1.165) is 0 Å². The molecule has 9 heavy (non-hydrogen) atoms. The van der Waals surface area contributed by atoms with Crippen molar-refractivity contribution in [1.82, 2.24) is 0 Å². The van der Waals surface area contributed by atoms with Crippen molar-refractivity contribution in [3.05, 3.63) is 0 Å². The monoisotopic (exact) mass is 170 g/mol. The summed E-state index contributed by atoms with van der Waals surface area (Å²) >= 11 is 4.36. The Morgan fingerprint density at radius 3 is 1.78 bits per heavy atom. The van der Waals surface area contributed by atoms with Gasteiger partial charge < -0.3 is 0 Å². The van der Waals surface area contributed by atoms with Crippen molar-refractivity contribution >= 4 is 18.6 Å². The van der Waals surface area contributed by atoms with E-state index >= 15 is 0 Å². The van der Waals surface area contributed by atoms with Crippen LogP contribution in [0, 0.1) is 0 Å². The van der Waals surface area contributed by atoms with Crippen molar-refractivity contribution in [2.24, 2.45) is 0 Å². The molecule has 2 nitrogen and oxygen atoms in total. The molecule has 0 saturated carbocycles. The van der Waals surface area contributed by atoms with Crippen LogP contribution in [-0.4, -0.2) is 12.2 Å². The van der Waals surface area contributed by atoms with E-state index in [0.29, 0.717) is 0 Å². The molecule has 1 aliphatic heterocycles. The Bertz CT molecular complexity index is 149. The minimum atomic E-state index is -3.32. The fourth-order valence-electron chi connectivity index (χ4n) is 0.593. The highest BCUT2D eigenvalue weighted by atomic mass is 32.5. The number of hydrogen-bond acceptors (Lipinski definition) is 3. The normalized spacial score (nSPS) is 51.9. The number of rotatable bonds is 0. The molecule has 0 aromatic rings. The van der Waals surface area contributed by atoms with Gasteiger partial charge in [-0.05, 0) is 25.7 Å². The molecule has 0 radical (unpaired) electrons. The molecule has 0 spiro atoms. The molecule has 3 atom stereocenters. The molecule has 0 bridgehead atoms. The van der Waals surface area contributed by atoms with Crippen LogP contribution in [0.3, 0.4) is 0 Å². The van der Waals surface area contributed by atoms with Gasteiger partial charge in [-0.1, -0.05) is 0 Å². The first-order valence-electron chi connectivity index (χ1n) is 2.68. The van der Waals surface area contributed by atoms with Crippen LogP contribution in [0.25, 0.3) is 0 Å². The van der Waals surface area contributed by atoms with Crippen LogP contribution < -0.4 is 0 Å². The summed E-state index contributed by atoms with van der Waals surface area (Å²) in [5.74, 6) is 0. The molecule has 0 N–H and O–H groups in total. The minimum Gasteiger partial charge on any atom is -0.300 e. The van der Waals surface area contributed by atoms with E-state index in [9.17, 15) is 4.20 Å². The van der Waals surface area contributed by atoms with Crippen LogP contribution in [0.1, 0.15) is 13.8 Å². The van der Waals surface area contributed by atoms with Gasteiger partial charge in [0, 0.05) is 0 Å². The first-order valence-corrected chi connectivity index (χ1v) is 5.21. The maximum atomic E-state index is 12.6. The van der Waals surface area contributed by atoms with Crippen LogP contribution in [-0.2, 0) is 20.9 Å². The maximum Gasteiger partial charge on any atom is 0.366 e. The SMILES string of the molecule is C[C@@H]1OP(F)(=S)O[C@@H]1C. The molecule has 5 heteroatoms. The van der Waals surface area contributed by atoms with Crippen molar-refractivity contribution in [3.63, 3.8) is 0 Å². The van der Waals surface area contributed by atoms with Gasteiger partial charge in [-0.2, -0.15) is 4.20 Å². The van der Waals surface area contributed by atoms with E-state index in [1.54, 1.807) is 13.8 Å². The topological polar surface area (TPSA) is 18.5 Å². The van der Waals surface area contributed by atoms with Gasteiger partial charge in [-0.3, -0.25) is 9.05 Å². The summed E-state index contributed by atoms with van der Waals surface area (Å²) in [6, 6.07) is 0. The molecule has 1 aliphatic rings. The van der Waals surface area contributed by atoms with Crippen LogP contribution in [0.4, 0.5) is 4.20 Å². The molecule has 1 fully saturated rings. The largest absolute Gasteiger partial charge is 0.366 e. The summed E-state index contributed by atoms with van der Waals surface area (Å²) < 4.78 is 22.0. The van der Waals surface area contributed by atoms with Gasteiger partial charge in [-0.15, -0.1) is 0 Å². The molecule has 0 aliphatic carbocycles. The zero-order valence-corrected chi connectivity index (χ0v) is 6.92. The average molecular weight is 170 g/mol. The number of hydrogen-bond donors (Lipinski definition) is 0. The molecule has 0 aromatic heterocycles. The lowest BCUT2D eigenvalue weighted by Crippen LogP contribution is -2.13. The van der Waals surface area contributed by atoms with Crippen LogP contribution in [0.5, 0.6) is 0 Å². The molecule has 1 unspecified atom stereocenters. The van der Waals surface area contributed by atoms with Crippen molar-refractivity contribution in [2.75, 3.05) is 0 Å². The fraction of sp³-hybridized carbons (Fsp3) is 1.00. The summed E-state index contributed by atoms with van der Waals surface area (Å²) in [5.41, 5.74) is 0. The Morgan fingerprint density at radius 2 is 1.67 bits per heavy atom. The first kappa shape index (κ1) is 7.61. The third-order valence-electron chi connectivity index (χ3n) is 1.25. The van der Waals surface area contributed by atoms with E-state index in [1.165, 1.54) is 0 Å². The van der Waals surface area contributed by atoms with E-state index in [-0.39, 0.29) is 12.2 Å². The van der Waals surface area contributed by atoms with E-state index in [1.807, 2.05) is 0 Å². The average Bonchev–Trinajstić information content (AvgIpc) is 1.79. The van der Waals surface area contributed by atoms with Crippen molar-refractivity contribution in [1.29, 1.82) is 0 Å².